The Labute approximate surface area is 184 Å². The molecule has 0 radical (unpaired) electrons. The van der Waals surface area contributed by atoms with Crippen molar-refractivity contribution in [1.29, 1.82) is 0 Å². The van der Waals surface area contributed by atoms with Crippen LogP contribution in [0.1, 0.15) is 32.9 Å². The molecule has 4 rings (SSSR count). The molecule has 0 bridgehead atoms. The van der Waals surface area contributed by atoms with Crippen molar-refractivity contribution in [3.63, 3.8) is 0 Å². The number of fused-ring (bicyclic) bond motifs is 1. The number of aromatic nitrogens is 1. The Balaban J connectivity index is 1.25. The molecule has 1 aliphatic rings. The quantitative estimate of drug-likeness (QED) is 0.535. The monoisotopic (exact) mass is 438 g/mol. The average Bonchev–Trinajstić information content (AvgIpc) is 3.40. The van der Waals surface area contributed by atoms with Crippen LogP contribution in [0.15, 0.2) is 47.0 Å². The zero-order chi connectivity index (χ0) is 22.5. The smallest absolute Gasteiger partial charge is 0.338 e. The fourth-order valence-electron chi connectivity index (χ4n) is 3.09. The maximum atomic E-state index is 12.3. The largest absolute Gasteiger partial charge is 0.489 e. The topological polar surface area (TPSA) is 109 Å². The highest BCUT2D eigenvalue weighted by Crippen LogP contribution is 2.32. The maximum absolute atomic E-state index is 12.3. The highest BCUT2D eigenvalue weighted by atomic mass is 16.7. The Morgan fingerprint density at radius 1 is 1.09 bits per heavy atom. The zero-order valence-corrected chi connectivity index (χ0v) is 17.7. The lowest BCUT2D eigenvalue weighted by Crippen LogP contribution is -2.28. The van der Waals surface area contributed by atoms with Gasteiger partial charge in [0.1, 0.15) is 18.1 Å². The first-order valence-corrected chi connectivity index (χ1v) is 9.96. The predicted octanol–water partition coefficient (Wildman–Crippen LogP) is 3.07. The van der Waals surface area contributed by atoms with Crippen LogP contribution in [-0.4, -0.2) is 30.4 Å². The van der Waals surface area contributed by atoms with Gasteiger partial charge in [0, 0.05) is 6.54 Å². The summed E-state index contributed by atoms with van der Waals surface area (Å²) < 4.78 is 26.5. The molecule has 32 heavy (non-hydrogen) atoms. The summed E-state index contributed by atoms with van der Waals surface area (Å²) in [4.78, 5) is 24.4. The van der Waals surface area contributed by atoms with E-state index in [1.165, 1.54) is 0 Å². The molecule has 1 amide bonds. The first-order valence-electron chi connectivity index (χ1n) is 9.96. The SMILES string of the molecule is Cc1noc(C)c1COc1cccc(C(=O)OCC(=O)NCc2ccc3c(c2)OCO3)c1. The van der Waals surface area contributed by atoms with E-state index in [-0.39, 0.29) is 25.5 Å². The van der Waals surface area contributed by atoms with E-state index >= 15 is 0 Å². The maximum Gasteiger partial charge on any atom is 0.338 e. The van der Waals surface area contributed by atoms with Gasteiger partial charge in [-0.05, 0) is 49.7 Å². The Bertz CT molecular complexity index is 1120. The fourth-order valence-corrected chi connectivity index (χ4v) is 3.09. The lowest BCUT2D eigenvalue weighted by atomic mass is 10.2. The molecular weight excluding hydrogens is 416 g/mol. The van der Waals surface area contributed by atoms with Crippen LogP contribution in [0.5, 0.6) is 17.2 Å². The number of carbonyl (C=O) groups is 2. The van der Waals surface area contributed by atoms with E-state index in [1.807, 2.05) is 19.9 Å². The van der Waals surface area contributed by atoms with Crippen molar-refractivity contribution in [2.75, 3.05) is 13.4 Å². The normalized spacial score (nSPS) is 11.8. The van der Waals surface area contributed by atoms with Crippen LogP contribution in [0.25, 0.3) is 0 Å². The van der Waals surface area contributed by atoms with Gasteiger partial charge in [-0.15, -0.1) is 0 Å². The number of nitrogens with one attached hydrogen (secondary N) is 1. The van der Waals surface area contributed by atoms with Gasteiger partial charge in [-0.3, -0.25) is 4.79 Å². The number of nitrogens with zero attached hydrogens (tertiary/aromatic N) is 1. The molecule has 9 nitrogen and oxygen atoms in total. The molecule has 0 spiro atoms. The lowest BCUT2D eigenvalue weighted by molar-refractivity contribution is -0.124. The summed E-state index contributed by atoms with van der Waals surface area (Å²) in [5.41, 5.74) is 2.74. The minimum absolute atomic E-state index is 0.188. The van der Waals surface area contributed by atoms with E-state index in [1.54, 1.807) is 36.4 Å². The van der Waals surface area contributed by atoms with Gasteiger partial charge in [0.05, 0.1) is 16.8 Å². The molecule has 9 heteroatoms. The van der Waals surface area contributed by atoms with Crippen LogP contribution in [-0.2, 0) is 22.7 Å². The molecule has 0 unspecified atom stereocenters. The van der Waals surface area contributed by atoms with Crippen LogP contribution >= 0.6 is 0 Å². The van der Waals surface area contributed by atoms with Gasteiger partial charge < -0.3 is 28.8 Å². The van der Waals surface area contributed by atoms with Crippen molar-refractivity contribution >= 4 is 11.9 Å². The number of ether oxygens (including phenoxy) is 4. The molecule has 0 aliphatic carbocycles. The van der Waals surface area contributed by atoms with Gasteiger partial charge in [0.2, 0.25) is 6.79 Å². The number of rotatable bonds is 8. The third-order valence-corrected chi connectivity index (χ3v) is 4.90. The molecule has 1 aromatic heterocycles. The zero-order valence-electron chi connectivity index (χ0n) is 17.7. The Morgan fingerprint density at radius 3 is 2.75 bits per heavy atom. The Kier molecular flexibility index (Phi) is 6.25. The molecule has 2 aromatic carbocycles. The molecule has 1 aliphatic heterocycles. The number of amides is 1. The summed E-state index contributed by atoms with van der Waals surface area (Å²) >= 11 is 0. The number of hydrogen-bond acceptors (Lipinski definition) is 8. The Morgan fingerprint density at radius 2 is 1.94 bits per heavy atom. The molecule has 166 valence electrons. The number of benzene rings is 2. The van der Waals surface area contributed by atoms with Crippen LogP contribution in [0.4, 0.5) is 0 Å². The van der Waals surface area contributed by atoms with Gasteiger partial charge >= 0.3 is 5.97 Å². The highest BCUT2D eigenvalue weighted by Gasteiger charge is 2.15. The van der Waals surface area contributed by atoms with E-state index in [0.717, 1.165) is 16.8 Å². The third kappa shape index (κ3) is 5.00. The predicted molar refractivity (Wildman–Crippen MR) is 111 cm³/mol. The summed E-state index contributed by atoms with van der Waals surface area (Å²) in [6, 6.07) is 12.0. The highest BCUT2D eigenvalue weighted by molar-refractivity contribution is 5.91. The second kappa shape index (κ2) is 9.42. The van der Waals surface area contributed by atoms with Gasteiger partial charge in [0.15, 0.2) is 18.1 Å². The van der Waals surface area contributed by atoms with Crippen LogP contribution in [0.3, 0.4) is 0 Å². The summed E-state index contributed by atoms with van der Waals surface area (Å²) in [6.45, 7) is 3.98. The molecular formula is C23H22N2O7. The van der Waals surface area contributed by atoms with E-state index in [4.69, 9.17) is 23.5 Å². The Hall–Kier alpha value is -4.01. The number of carbonyl (C=O) groups excluding carboxylic acids is 2. The molecule has 0 fully saturated rings. The molecule has 3 aromatic rings. The number of esters is 1. The van der Waals surface area contributed by atoms with E-state index in [2.05, 4.69) is 10.5 Å². The standard InChI is InChI=1S/C23H22N2O7/c1-14-19(15(2)32-25-14)11-28-18-5-3-4-17(9-18)23(27)29-12-22(26)24-10-16-6-7-20-21(8-16)31-13-30-20/h3-9H,10-13H2,1-2H3,(H,24,26). The average molecular weight is 438 g/mol. The van der Waals surface area contributed by atoms with Gasteiger partial charge in [-0.2, -0.15) is 0 Å². The minimum atomic E-state index is -0.619. The van der Waals surface area contributed by atoms with Crippen molar-refractivity contribution in [2.24, 2.45) is 0 Å². The summed E-state index contributed by atoms with van der Waals surface area (Å²) in [7, 11) is 0. The molecule has 2 heterocycles. The van der Waals surface area contributed by atoms with Crippen LogP contribution in [0, 0.1) is 13.8 Å². The molecule has 0 saturated carbocycles. The van der Waals surface area contributed by atoms with E-state index in [9.17, 15) is 9.59 Å². The second-order valence-corrected chi connectivity index (χ2v) is 7.16. The van der Waals surface area contributed by atoms with Gasteiger partial charge in [-0.1, -0.05) is 17.3 Å². The van der Waals surface area contributed by atoms with Crippen LogP contribution < -0.4 is 19.5 Å². The fraction of sp³-hybridized carbons (Fsp3) is 0.261. The summed E-state index contributed by atoms with van der Waals surface area (Å²) in [5.74, 6) is 1.45. The number of aryl methyl sites for hydroxylation is 2. The van der Waals surface area contributed by atoms with Crippen molar-refractivity contribution in [3.8, 4) is 17.2 Å². The van der Waals surface area contributed by atoms with E-state index < -0.39 is 18.5 Å². The third-order valence-electron chi connectivity index (χ3n) is 4.90. The molecule has 0 saturated heterocycles. The summed E-state index contributed by atoms with van der Waals surface area (Å²) in [6.07, 6.45) is 0. The second-order valence-electron chi connectivity index (χ2n) is 7.16. The van der Waals surface area contributed by atoms with Crippen molar-refractivity contribution in [1.82, 2.24) is 10.5 Å². The summed E-state index contributed by atoms with van der Waals surface area (Å²) in [5, 5.41) is 6.59. The number of hydrogen-bond donors (Lipinski definition) is 1. The van der Waals surface area contributed by atoms with Crippen molar-refractivity contribution in [2.45, 2.75) is 27.0 Å². The van der Waals surface area contributed by atoms with Gasteiger partial charge in [-0.25, -0.2) is 4.79 Å². The minimum Gasteiger partial charge on any atom is -0.489 e. The lowest BCUT2D eigenvalue weighted by Gasteiger charge is -2.09. The molecule has 0 atom stereocenters. The first-order chi connectivity index (χ1) is 15.5. The van der Waals surface area contributed by atoms with Crippen LogP contribution in [0.2, 0.25) is 0 Å². The molecule has 1 N–H and O–H groups in total. The first kappa shape index (κ1) is 21.2. The van der Waals surface area contributed by atoms with Gasteiger partial charge in [0.25, 0.3) is 5.91 Å². The van der Waals surface area contributed by atoms with Crippen molar-refractivity contribution < 1.29 is 33.1 Å². The van der Waals surface area contributed by atoms with E-state index in [0.29, 0.717) is 23.0 Å². The van der Waals surface area contributed by atoms with Crippen molar-refractivity contribution in [3.05, 3.63) is 70.6 Å².